The second-order valence-corrected chi connectivity index (χ2v) is 3.29. The summed E-state index contributed by atoms with van der Waals surface area (Å²) in [6.07, 6.45) is 6.30. The van der Waals surface area contributed by atoms with Gasteiger partial charge in [-0.05, 0) is 31.6 Å². The highest BCUT2D eigenvalue weighted by molar-refractivity contribution is 6.15. The van der Waals surface area contributed by atoms with Gasteiger partial charge < -0.3 is 9.68 Å². The molecule has 0 aromatic carbocycles. The predicted molar refractivity (Wildman–Crippen MR) is 45.1 cm³/mol. The average Bonchev–Trinajstić information content (AvgIpc) is 2.07. The fourth-order valence-electron chi connectivity index (χ4n) is 1.76. The molecule has 0 spiro atoms. The zero-order valence-electron chi connectivity index (χ0n) is 7.12. The van der Waals surface area contributed by atoms with Crippen molar-refractivity contribution in [2.45, 2.75) is 45.1 Å². The van der Waals surface area contributed by atoms with Gasteiger partial charge in [0.05, 0.1) is 0 Å². The molecule has 1 aliphatic rings. The number of hydrogen-bond donors (Lipinski definition) is 1. The van der Waals surface area contributed by atoms with Gasteiger partial charge in [-0.1, -0.05) is 13.3 Å². The minimum absolute atomic E-state index is 0.280. The Hall–Kier alpha value is -0.0151. The van der Waals surface area contributed by atoms with Crippen LogP contribution in [0.4, 0.5) is 0 Å². The first kappa shape index (κ1) is 9.08. The molecule has 1 radical (unpaired) electrons. The summed E-state index contributed by atoms with van der Waals surface area (Å²) in [6.45, 7) is 2.24. The van der Waals surface area contributed by atoms with E-state index in [0.29, 0.717) is 0 Å². The first-order chi connectivity index (χ1) is 5.36. The highest BCUT2D eigenvalue weighted by Gasteiger charge is 2.19. The molecule has 1 saturated carbocycles. The average molecular weight is 155 g/mol. The number of hydrogen-bond acceptors (Lipinski definition) is 2. The van der Waals surface area contributed by atoms with Crippen LogP contribution >= 0.6 is 0 Å². The summed E-state index contributed by atoms with van der Waals surface area (Å²) < 4.78 is 5.01. The van der Waals surface area contributed by atoms with E-state index in [9.17, 15) is 0 Å². The van der Waals surface area contributed by atoms with E-state index in [1.807, 2.05) is 0 Å². The van der Waals surface area contributed by atoms with Crippen LogP contribution in [0.5, 0.6) is 0 Å². The molecule has 2 nitrogen and oxygen atoms in total. The Morgan fingerprint density at radius 1 is 1.36 bits per heavy atom. The zero-order chi connectivity index (χ0) is 8.10. The van der Waals surface area contributed by atoms with Crippen LogP contribution in [0.3, 0.4) is 0 Å². The summed E-state index contributed by atoms with van der Waals surface area (Å²) in [5, 5.41) is 8.39. The molecular formula is C8H16BO2. The molecule has 0 saturated heterocycles. The van der Waals surface area contributed by atoms with Gasteiger partial charge in [-0.15, -0.1) is 0 Å². The Labute approximate surface area is 69.3 Å². The zero-order valence-corrected chi connectivity index (χ0v) is 7.12. The summed E-state index contributed by atoms with van der Waals surface area (Å²) in [6, 6.07) is 0. The van der Waals surface area contributed by atoms with Gasteiger partial charge in [0.2, 0.25) is 0 Å². The molecule has 0 atom stereocenters. The predicted octanol–water partition coefficient (Wildman–Crippen LogP) is 1.50. The lowest BCUT2D eigenvalue weighted by molar-refractivity contribution is 0.118. The van der Waals surface area contributed by atoms with Crippen molar-refractivity contribution in [2.24, 2.45) is 5.92 Å². The Bertz CT molecular complexity index is 100. The summed E-state index contributed by atoms with van der Waals surface area (Å²) >= 11 is 0. The van der Waals surface area contributed by atoms with E-state index < -0.39 is 0 Å². The molecule has 63 valence electrons. The van der Waals surface area contributed by atoms with Crippen molar-refractivity contribution < 1.29 is 9.68 Å². The van der Waals surface area contributed by atoms with Gasteiger partial charge in [-0.25, -0.2) is 0 Å². The lowest BCUT2D eigenvalue weighted by Crippen LogP contribution is -2.22. The highest BCUT2D eigenvalue weighted by atomic mass is 16.5. The van der Waals surface area contributed by atoms with E-state index in [-0.39, 0.29) is 6.10 Å². The second kappa shape index (κ2) is 4.78. The Kier molecular flexibility index (Phi) is 3.94. The van der Waals surface area contributed by atoms with Crippen LogP contribution in [-0.2, 0) is 4.65 Å². The first-order valence-electron chi connectivity index (χ1n) is 4.48. The van der Waals surface area contributed by atoms with Crippen molar-refractivity contribution in [3.8, 4) is 0 Å². The normalized spacial score (nSPS) is 31.8. The second-order valence-electron chi connectivity index (χ2n) is 3.29. The molecule has 0 aliphatic heterocycles. The molecule has 0 bridgehead atoms. The molecule has 0 unspecified atom stereocenters. The molecule has 0 amide bonds. The van der Waals surface area contributed by atoms with Crippen molar-refractivity contribution in [3.05, 3.63) is 0 Å². The molecule has 1 fully saturated rings. The maximum Gasteiger partial charge on any atom is 0.485 e. The van der Waals surface area contributed by atoms with E-state index in [0.717, 1.165) is 26.4 Å². The summed E-state index contributed by atoms with van der Waals surface area (Å²) in [4.78, 5) is 0. The van der Waals surface area contributed by atoms with Gasteiger partial charge in [0, 0.05) is 6.10 Å². The van der Waals surface area contributed by atoms with Gasteiger partial charge in [0.15, 0.2) is 0 Å². The Morgan fingerprint density at radius 2 is 2.00 bits per heavy atom. The topological polar surface area (TPSA) is 29.5 Å². The van der Waals surface area contributed by atoms with Crippen molar-refractivity contribution in [1.29, 1.82) is 0 Å². The van der Waals surface area contributed by atoms with Gasteiger partial charge in [0.25, 0.3) is 0 Å². The molecule has 11 heavy (non-hydrogen) atoms. The maximum absolute atomic E-state index is 8.39. The molecule has 0 aromatic heterocycles. The van der Waals surface area contributed by atoms with Crippen LogP contribution < -0.4 is 0 Å². The fourth-order valence-corrected chi connectivity index (χ4v) is 1.76. The van der Waals surface area contributed by atoms with Crippen molar-refractivity contribution >= 4 is 7.69 Å². The van der Waals surface area contributed by atoms with Crippen LogP contribution in [0.25, 0.3) is 0 Å². The minimum atomic E-state index is 0.280. The van der Waals surface area contributed by atoms with E-state index in [1.54, 1.807) is 0 Å². The number of rotatable bonds is 3. The summed E-state index contributed by atoms with van der Waals surface area (Å²) in [7, 11) is 0.830. The van der Waals surface area contributed by atoms with Gasteiger partial charge >= 0.3 is 7.69 Å². The lowest BCUT2D eigenvalue weighted by atomic mass is 9.85. The third-order valence-corrected chi connectivity index (χ3v) is 2.62. The first-order valence-corrected chi connectivity index (χ1v) is 4.48. The van der Waals surface area contributed by atoms with Crippen LogP contribution in [0.15, 0.2) is 0 Å². The largest absolute Gasteiger partial charge is 0.485 e. The minimum Gasteiger partial charge on any atom is -0.429 e. The molecular weight excluding hydrogens is 139 g/mol. The lowest BCUT2D eigenvalue weighted by Gasteiger charge is -2.27. The van der Waals surface area contributed by atoms with Crippen LogP contribution in [-0.4, -0.2) is 18.8 Å². The molecule has 0 aromatic rings. The van der Waals surface area contributed by atoms with Crippen molar-refractivity contribution in [2.75, 3.05) is 0 Å². The van der Waals surface area contributed by atoms with E-state index in [2.05, 4.69) is 6.92 Å². The molecule has 0 heterocycles. The van der Waals surface area contributed by atoms with Crippen molar-refractivity contribution in [1.82, 2.24) is 0 Å². The van der Waals surface area contributed by atoms with Crippen LogP contribution in [0, 0.1) is 5.92 Å². The maximum atomic E-state index is 8.39. The van der Waals surface area contributed by atoms with E-state index in [1.165, 1.54) is 19.3 Å². The van der Waals surface area contributed by atoms with Crippen LogP contribution in [0.2, 0.25) is 0 Å². The fraction of sp³-hybridized carbons (Fsp3) is 1.00. The quantitative estimate of drug-likeness (QED) is 0.625. The third-order valence-electron chi connectivity index (χ3n) is 2.62. The van der Waals surface area contributed by atoms with E-state index >= 15 is 0 Å². The summed E-state index contributed by atoms with van der Waals surface area (Å²) in [5.74, 6) is 0.897. The van der Waals surface area contributed by atoms with Crippen LogP contribution in [0.1, 0.15) is 39.0 Å². The summed E-state index contributed by atoms with van der Waals surface area (Å²) in [5.41, 5.74) is 0. The molecule has 1 N–H and O–H groups in total. The Balaban J connectivity index is 2.14. The van der Waals surface area contributed by atoms with E-state index in [4.69, 9.17) is 9.68 Å². The smallest absolute Gasteiger partial charge is 0.429 e. The SMILES string of the molecule is CCC1CCC(O[B]O)CC1. The Morgan fingerprint density at radius 3 is 2.45 bits per heavy atom. The van der Waals surface area contributed by atoms with Gasteiger partial charge in [-0.3, -0.25) is 0 Å². The highest BCUT2D eigenvalue weighted by Crippen LogP contribution is 2.27. The monoisotopic (exact) mass is 155 g/mol. The van der Waals surface area contributed by atoms with Gasteiger partial charge in [-0.2, -0.15) is 0 Å². The van der Waals surface area contributed by atoms with Gasteiger partial charge in [0.1, 0.15) is 0 Å². The standard InChI is InChI=1S/C8H16BO2/c1-2-7-3-5-8(6-4-7)11-9-10/h7-8,10H,2-6H2,1H3. The molecule has 3 heteroatoms. The molecule has 1 aliphatic carbocycles. The van der Waals surface area contributed by atoms with Crippen molar-refractivity contribution in [3.63, 3.8) is 0 Å². The third kappa shape index (κ3) is 2.84. The molecule has 1 rings (SSSR count).